The standard InChI is InChI=1S/C14H19BrFN/c15-12-7-6-10(13(16)9-12)8-11-4-2-1-3-5-14(11)17/h6-7,9,11,14H,1-5,8,17H2. The van der Waals surface area contributed by atoms with E-state index in [0.29, 0.717) is 5.92 Å². The third kappa shape index (κ3) is 3.52. The Bertz CT molecular complexity index is 380. The molecule has 1 nitrogen and oxygen atoms in total. The van der Waals surface area contributed by atoms with E-state index in [1.165, 1.54) is 25.3 Å². The number of halogens is 2. The van der Waals surface area contributed by atoms with Gasteiger partial charge in [-0.15, -0.1) is 0 Å². The molecule has 0 spiro atoms. The minimum absolute atomic E-state index is 0.115. The molecule has 2 atom stereocenters. The van der Waals surface area contributed by atoms with Crippen LogP contribution in [0.1, 0.15) is 37.7 Å². The van der Waals surface area contributed by atoms with Gasteiger partial charge in [-0.3, -0.25) is 0 Å². The van der Waals surface area contributed by atoms with Crippen molar-refractivity contribution in [1.29, 1.82) is 0 Å². The van der Waals surface area contributed by atoms with Crippen LogP contribution >= 0.6 is 15.9 Å². The van der Waals surface area contributed by atoms with Gasteiger partial charge in [0.1, 0.15) is 5.82 Å². The van der Waals surface area contributed by atoms with Crippen molar-refractivity contribution < 1.29 is 4.39 Å². The van der Waals surface area contributed by atoms with Gasteiger partial charge in [0.05, 0.1) is 0 Å². The minimum Gasteiger partial charge on any atom is -0.327 e. The Labute approximate surface area is 111 Å². The van der Waals surface area contributed by atoms with Gasteiger partial charge in [-0.25, -0.2) is 4.39 Å². The van der Waals surface area contributed by atoms with E-state index in [1.807, 2.05) is 12.1 Å². The molecule has 1 fully saturated rings. The van der Waals surface area contributed by atoms with Crippen LogP contribution in [0.2, 0.25) is 0 Å². The third-order valence-corrected chi connectivity index (χ3v) is 4.21. The van der Waals surface area contributed by atoms with Gasteiger partial charge in [0, 0.05) is 10.5 Å². The Kier molecular flexibility index (Phi) is 4.57. The topological polar surface area (TPSA) is 26.0 Å². The molecule has 1 aromatic rings. The van der Waals surface area contributed by atoms with Crippen molar-refractivity contribution in [3.8, 4) is 0 Å². The highest BCUT2D eigenvalue weighted by Gasteiger charge is 2.21. The van der Waals surface area contributed by atoms with E-state index >= 15 is 0 Å². The first-order valence-corrected chi connectivity index (χ1v) is 7.15. The Morgan fingerprint density at radius 3 is 2.76 bits per heavy atom. The summed E-state index contributed by atoms with van der Waals surface area (Å²) in [6, 6.07) is 5.55. The summed E-state index contributed by atoms with van der Waals surface area (Å²) in [4.78, 5) is 0. The van der Waals surface area contributed by atoms with Crippen molar-refractivity contribution in [2.24, 2.45) is 11.7 Å². The monoisotopic (exact) mass is 299 g/mol. The highest BCUT2D eigenvalue weighted by molar-refractivity contribution is 9.10. The first-order valence-electron chi connectivity index (χ1n) is 6.36. The number of nitrogens with two attached hydrogens (primary N) is 1. The molecule has 2 N–H and O–H groups in total. The highest BCUT2D eigenvalue weighted by atomic mass is 79.9. The van der Waals surface area contributed by atoms with E-state index in [1.54, 1.807) is 0 Å². The number of benzene rings is 1. The largest absolute Gasteiger partial charge is 0.327 e. The lowest BCUT2D eigenvalue weighted by Crippen LogP contribution is -2.30. The maximum Gasteiger partial charge on any atom is 0.127 e. The summed E-state index contributed by atoms with van der Waals surface area (Å²) >= 11 is 3.28. The molecule has 1 aliphatic rings. The van der Waals surface area contributed by atoms with Crippen molar-refractivity contribution >= 4 is 15.9 Å². The van der Waals surface area contributed by atoms with E-state index in [2.05, 4.69) is 15.9 Å². The first kappa shape index (κ1) is 13.0. The average molecular weight is 300 g/mol. The molecule has 0 bridgehead atoms. The molecule has 3 heteroatoms. The fourth-order valence-electron chi connectivity index (χ4n) is 2.64. The molecule has 0 heterocycles. The Morgan fingerprint density at radius 2 is 2.00 bits per heavy atom. The smallest absolute Gasteiger partial charge is 0.127 e. The molecule has 2 unspecified atom stereocenters. The van der Waals surface area contributed by atoms with E-state index < -0.39 is 0 Å². The molecule has 2 rings (SSSR count). The summed E-state index contributed by atoms with van der Waals surface area (Å²) < 4.78 is 14.6. The second kappa shape index (κ2) is 5.96. The van der Waals surface area contributed by atoms with Crippen LogP contribution in [0.5, 0.6) is 0 Å². The quantitative estimate of drug-likeness (QED) is 0.820. The summed E-state index contributed by atoms with van der Waals surface area (Å²) in [6.45, 7) is 0. The van der Waals surface area contributed by atoms with Crippen molar-refractivity contribution in [3.63, 3.8) is 0 Å². The summed E-state index contributed by atoms with van der Waals surface area (Å²) in [5, 5.41) is 0. The lowest BCUT2D eigenvalue weighted by Gasteiger charge is -2.21. The summed E-state index contributed by atoms with van der Waals surface area (Å²) in [7, 11) is 0. The molecule has 0 amide bonds. The molecular weight excluding hydrogens is 281 g/mol. The Hall–Kier alpha value is -0.410. The van der Waals surface area contributed by atoms with Crippen molar-refractivity contribution in [1.82, 2.24) is 0 Å². The second-order valence-corrected chi connectivity index (χ2v) is 5.92. The Morgan fingerprint density at radius 1 is 1.24 bits per heavy atom. The molecule has 17 heavy (non-hydrogen) atoms. The van der Waals surface area contributed by atoms with Crippen LogP contribution in [-0.2, 0) is 6.42 Å². The van der Waals surface area contributed by atoms with Gasteiger partial charge in [0.15, 0.2) is 0 Å². The van der Waals surface area contributed by atoms with Crippen molar-refractivity contribution in [2.45, 2.75) is 44.6 Å². The van der Waals surface area contributed by atoms with Gasteiger partial charge < -0.3 is 5.73 Å². The summed E-state index contributed by atoms with van der Waals surface area (Å²) in [5.41, 5.74) is 6.98. The van der Waals surface area contributed by atoms with Gasteiger partial charge in [0.2, 0.25) is 0 Å². The lowest BCUT2D eigenvalue weighted by atomic mass is 9.89. The first-order chi connectivity index (χ1) is 8.16. The van der Waals surface area contributed by atoms with Crippen LogP contribution in [0.25, 0.3) is 0 Å². The maximum atomic E-state index is 13.8. The molecule has 1 aromatic carbocycles. The fraction of sp³-hybridized carbons (Fsp3) is 0.571. The van der Waals surface area contributed by atoms with Crippen LogP contribution in [0.15, 0.2) is 22.7 Å². The van der Waals surface area contributed by atoms with Crippen molar-refractivity contribution in [2.75, 3.05) is 0 Å². The molecule has 0 aromatic heterocycles. The van der Waals surface area contributed by atoms with Crippen LogP contribution in [0.4, 0.5) is 4.39 Å². The van der Waals surface area contributed by atoms with Gasteiger partial charge in [-0.1, -0.05) is 41.3 Å². The molecule has 94 valence electrons. The highest BCUT2D eigenvalue weighted by Crippen LogP contribution is 2.27. The third-order valence-electron chi connectivity index (χ3n) is 3.72. The lowest BCUT2D eigenvalue weighted by molar-refractivity contribution is 0.390. The van der Waals surface area contributed by atoms with Crippen LogP contribution in [0, 0.1) is 11.7 Å². The minimum atomic E-state index is -0.115. The molecule has 0 saturated heterocycles. The zero-order valence-corrected chi connectivity index (χ0v) is 11.5. The SMILES string of the molecule is NC1CCCCCC1Cc1ccc(Br)cc1F. The average Bonchev–Trinajstić information content (AvgIpc) is 2.48. The van der Waals surface area contributed by atoms with Crippen LogP contribution < -0.4 is 5.73 Å². The maximum absolute atomic E-state index is 13.8. The van der Waals surface area contributed by atoms with E-state index in [-0.39, 0.29) is 11.9 Å². The molecular formula is C14H19BrFN. The zero-order chi connectivity index (χ0) is 12.3. The summed E-state index contributed by atoms with van der Waals surface area (Å²) in [6.07, 6.45) is 6.73. The molecule has 0 aliphatic heterocycles. The second-order valence-electron chi connectivity index (χ2n) is 5.00. The molecule has 1 aliphatic carbocycles. The van der Waals surface area contributed by atoms with Gasteiger partial charge in [-0.05, 0) is 42.9 Å². The number of hydrogen-bond acceptors (Lipinski definition) is 1. The van der Waals surface area contributed by atoms with Crippen LogP contribution in [0.3, 0.4) is 0 Å². The predicted molar refractivity (Wildman–Crippen MR) is 72.4 cm³/mol. The number of hydrogen-bond donors (Lipinski definition) is 1. The van der Waals surface area contributed by atoms with Gasteiger partial charge in [0.25, 0.3) is 0 Å². The van der Waals surface area contributed by atoms with Gasteiger partial charge in [-0.2, -0.15) is 0 Å². The summed E-state index contributed by atoms with van der Waals surface area (Å²) in [5.74, 6) is 0.323. The number of rotatable bonds is 2. The zero-order valence-electron chi connectivity index (χ0n) is 9.96. The Balaban J connectivity index is 2.08. The van der Waals surface area contributed by atoms with E-state index in [9.17, 15) is 4.39 Å². The van der Waals surface area contributed by atoms with E-state index in [4.69, 9.17) is 5.73 Å². The fourth-order valence-corrected chi connectivity index (χ4v) is 2.97. The normalized spacial score (nSPS) is 25.6. The molecule has 1 saturated carbocycles. The van der Waals surface area contributed by atoms with Gasteiger partial charge >= 0.3 is 0 Å². The predicted octanol–water partition coefficient (Wildman–Crippen LogP) is 4.04. The van der Waals surface area contributed by atoms with Crippen molar-refractivity contribution in [3.05, 3.63) is 34.1 Å². The van der Waals surface area contributed by atoms with Crippen LogP contribution in [-0.4, -0.2) is 6.04 Å². The molecule has 0 radical (unpaired) electrons. The van der Waals surface area contributed by atoms with E-state index in [0.717, 1.165) is 29.3 Å².